The summed E-state index contributed by atoms with van der Waals surface area (Å²) in [6, 6.07) is 16.8. The summed E-state index contributed by atoms with van der Waals surface area (Å²) in [6.45, 7) is 0. The van der Waals surface area contributed by atoms with Crippen LogP contribution in [0.5, 0.6) is 0 Å². The Kier molecular flexibility index (Phi) is 2.64. The number of ether oxygens (including phenoxy) is 1. The monoisotopic (exact) mass is 293 g/mol. The number of fused-ring (bicyclic) bond motifs is 3. The van der Waals surface area contributed by atoms with Crippen molar-refractivity contribution in [3.63, 3.8) is 0 Å². The van der Waals surface area contributed by atoms with Gasteiger partial charge in [-0.2, -0.15) is 0 Å². The molecule has 0 bridgehead atoms. The third kappa shape index (κ3) is 1.47. The van der Waals surface area contributed by atoms with Crippen molar-refractivity contribution in [1.29, 1.82) is 0 Å². The third-order valence-electron chi connectivity index (χ3n) is 4.81. The van der Waals surface area contributed by atoms with Gasteiger partial charge in [0.1, 0.15) is 5.41 Å². The normalized spacial score (nSPS) is 28.1. The molecule has 1 heterocycles. The second kappa shape index (κ2) is 4.44. The van der Waals surface area contributed by atoms with Crippen molar-refractivity contribution in [2.24, 2.45) is 0 Å². The molecule has 1 amide bonds. The Labute approximate surface area is 128 Å². The average Bonchev–Trinajstić information content (AvgIpc) is 3.25. The molecule has 0 saturated heterocycles. The van der Waals surface area contributed by atoms with Crippen molar-refractivity contribution in [1.82, 2.24) is 5.32 Å². The molecule has 1 N–H and O–H groups in total. The molecule has 1 saturated carbocycles. The summed E-state index contributed by atoms with van der Waals surface area (Å²) in [5, 5.41) is 2.97. The summed E-state index contributed by atoms with van der Waals surface area (Å²) in [5.41, 5.74) is 1.63. The van der Waals surface area contributed by atoms with Crippen molar-refractivity contribution >= 4 is 11.9 Å². The van der Waals surface area contributed by atoms with E-state index >= 15 is 0 Å². The summed E-state index contributed by atoms with van der Waals surface area (Å²) < 4.78 is 5.08. The van der Waals surface area contributed by atoms with Crippen LogP contribution < -0.4 is 5.32 Å². The van der Waals surface area contributed by atoms with Crippen LogP contribution in [0.2, 0.25) is 0 Å². The van der Waals surface area contributed by atoms with E-state index in [0.29, 0.717) is 5.56 Å². The minimum atomic E-state index is -0.821. The van der Waals surface area contributed by atoms with Gasteiger partial charge in [-0.25, -0.2) is 0 Å². The molecule has 2 aliphatic rings. The van der Waals surface area contributed by atoms with Gasteiger partial charge in [-0.3, -0.25) is 9.59 Å². The lowest BCUT2D eigenvalue weighted by Crippen LogP contribution is -2.36. The van der Waals surface area contributed by atoms with Gasteiger partial charge in [0.15, 0.2) is 0 Å². The second-order valence-corrected chi connectivity index (χ2v) is 5.74. The molecule has 3 unspecified atom stereocenters. The van der Waals surface area contributed by atoms with Gasteiger partial charge in [0, 0.05) is 11.5 Å². The first-order valence-electron chi connectivity index (χ1n) is 7.25. The van der Waals surface area contributed by atoms with Crippen LogP contribution in [0, 0.1) is 0 Å². The van der Waals surface area contributed by atoms with Gasteiger partial charge < -0.3 is 10.1 Å². The molecule has 110 valence electrons. The molecule has 2 aromatic carbocycles. The van der Waals surface area contributed by atoms with Crippen LogP contribution >= 0.6 is 0 Å². The van der Waals surface area contributed by atoms with E-state index in [1.54, 1.807) is 6.07 Å². The highest BCUT2D eigenvalue weighted by molar-refractivity contribution is 6.03. The fourth-order valence-corrected chi connectivity index (χ4v) is 3.82. The molecule has 4 rings (SSSR count). The Morgan fingerprint density at radius 2 is 1.77 bits per heavy atom. The minimum Gasteiger partial charge on any atom is -0.468 e. The summed E-state index contributed by atoms with van der Waals surface area (Å²) in [4.78, 5) is 24.9. The van der Waals surface area contributed by atoms with E-state index in [9.17, 15) is 9.59 Å². The summed E-state index contributed by atoms with van der Waals surface area (Å²) in [7, 11) is 1.39. The Balaban J connectivity index is 1.91. The number of nitrogens with one attached hydrogen (secondary N) is 1. The first-order chi connectivity index (χ1) is 10.7. The molecule has 1 aliphatic heterocycles. The molecule has 1 fully saturated rings. The molecule has 2 aromatic rings. The van der Waals surface area contributed by atoms with Gasteiger partial charge in [0.25, 0.3) is 5.91 Å². The minimum absolute atomic E-state index is 0.0729. The van der Waals surface area contributed by atoms with Crippen molar-refractivity contribution in [2.75, 3.05) is 7.11 Å². The molecule has 0 radical (unpaired) electrons. The van der Waals surface area contributed by atoms with E-state index in [4.69, 9.17) is 4.74 Å². The Morgan fingerprint density at radius 3 is 2.50 bits per heavy atom. The number of esters is 1. The lowest BCUT2D eigenvalue weighted by atomic mass is 9.89. The van der Waals surface area contributed by atoms with Crippen LogP contribution in [-0.4, -0.2) is 25.0 Å². The molecular weight excluding hydrogens is 278 g/mol. The quantitative estimate of drug-likeness (QED) is 0.862. The maximum atomic E-state index is 12.6. The number of amides is 1. The topological polar surface area (TPSA) is 55.4 Å². The smallest absolute Gasteiger partial charge is 0.319 e. The predicted molar refractivity (Wildman–Crippen MR) is 80.6 cm³/mol. The first kappa shape index (κ1) is 13.1. The van der Waals surface area contributed by atoms with E-state index < -0.39 is 5.41 Å². The van der Waals surface area contributed by atoms with Gasteiger partial charge in [-0.15, -0.1) is 0 Å². The lowest BCUT2D eigenvalue weighted by Gasteiger charge is -2.15. The highest BCUT2D eigenvalue weighted by atomic mass is 16.5. The number of carbonyl (C=O) groups excluding carboxylic acids is 2. The molecule has 4 heteroatoms. The van der Waals surface area contributed by atoms with Crippen LogP contribution in [0.15, 0.2) is 54.6 Å². The molecule has 1 aliphatic carbocycles. The van der Waals surface area contributed by atoms with Gasteiger partial charge in [0.2, 0.25) is 0 Å². The standard InChI is InChI=1S/C18H15NO3/c1-22-17(21)18(11-7-3-2-4-8-11)14-12-9-5-6-10-13(12)16(20)19-15(14)18/h2-10,14-15H,1H3,(H,19,20). The molecule has 0 aromatic heterocycles. The van der Waals surface area contributed by atoms with Crippen LogP contribution in [0.1, 0.15) is 27.4 Å². The predicted octanol–water partition coefficient (Wildman–Crippen LogP) is 2.01. The molecule has 22 heavy (non-hydrogen) atoms. The van der Waals surface area contributed by atoms with Crippen LogP contribution in [0.25, 0.3) is 0 Å². The number of hydrogen-bond donors (Lipinski definition) is 1. The molecule has 3 atom stereocenters. The molecule has 4 nitrogen and oxygen atoms in total. The Hall–Kier alpha value is -2.62. The number of benzene rings is 2. The first-order valence-corrected chi connectivity index (χ1v) is 7.25. The maximum Gasteiger partial charge on any atom is 0.319 e. The van der Waals surface area contributed by atoms with Gasteiger partial charge in [0.05, 0.1) is 13.2 Å². The number of carbonyl (C=O) groups is 2. The van der Waals surface area contributed by atoms with Crippen molar-refractivity contribution in [3.05, 3.63) is 71.3 Å². The Bertz CT molecular complexity index is 771. The van der Waals surface area contributed by atoms with Crippen molar-refractivity contribution < 1.29 is 14.3 Å². The van der Waals surface area contributed by atoms with Gasteiger partial charge in [-0.05, 0) is 17.2 Å². The largest absolute Gasteiger partial charge is 0.468 e. The van der Waals surface area contributed by atoms with Gasteiger partial charge in [-0.1, -0.05) is 48.5 Å². The maximum absolute atomic E-state index is 12.6. The summed E-state index contributed by atoms with van der Waals surface area (Å²) in [5.74, 6) is -0.500. The lowest BCUT2D eigenvalue weighted by molar-refractivity contribution is -0.144. The summed E-state index contributed by atoms with van der Waals surface area (Å²) in [6.07, 6.45) is 0. The van der Waals surface area contributed by atoms with E-state index in [-0.39, 0.29) is 23.8 Å². The van der Waals surface area contributed by atoms with Crippen LogP contribution in [-0.2, 0) is 14.9 Å². The number of methoxy groups -OCH3 is 1. The SMILES string of the molecule is COC(=O)C1(c2ccccc2)C2NC(=O)c3ccccc3C21. The molecule has 0 spiro atoms. The van der Waals surface area contributed by atoms with Crippen LogP contribution in [0.4, 0.5) is 0 Å². The Morgan fingerprint density at radius 1 is 1.09 bits per heavy atom. The zero-order valence-corrected chi connectivity index (χ0v) is 12.1. The van der Waals surface area contributed by atoms with E-state index in [0.717, 1.165) is 11.1 Å². The fraction of sp³-hybridized carbons (Fsp3) is 0.222. The van der Waals surface area contributed by atoms with E-state index in [1.807, 2.05) is 48.5 Å². The zero-order valence-electron chi connectivity index (χ0n) is 12.1. The highest BCUT2D eigenvalue weighted by Gasteiger charge is 2.74. The average molecular weight is 293 g/mol. The third-order valence-corrected chi connectivity index (χ3v) is 4.81. The van der Waals surface area contributed by atoms with E-state index in [1.165, 1.54) is 7.11 Å². The highest BCUT2D eigenvalue weighted by Crippen LogP contribution is 2.63. The van der Waals surface area contributed by atoms with Gasteiger partial charge >= 0.3 is 5.97 Å². The van der Waals surface area contributed by atoms with E-state index in [2.05, 4.69) is 5.32 Å². The summed E-state index contributed by atoms with van der Waals surface area (Å²) >= 11 is 0. The molecular formula is C18H15NO3. The number of hydrogen-bond acceptors (Lipinski definition) is 3. The van der Waals surface area contributed by atoms with Crippen LogP contribution in [0.3, 0.4) is 0 Å². The van der Waals surface area contributed by atoms with Crippen molar-refractivity contribution in [2.45, 2.75) is 17.4 Å². The fourth-order valence-electron chi connectivity index (χ4n) is 3.82. The zero-order chi connectivity index (χ0) is 15.3. The second-order valence-electron chi connectivity index (χ2n) is 5.74. The van der Waals surface area contributed by atoms with Crippen molar-refractivity contribution in [3.8, 4) is 0 Å². The number of rotatable bonds is 2.